The lowest BCUT2D eigenvalue weighted by Gasteiger charge is -2.26. The van der Waals surface area contributed by atoms with Gasteiger partial charge in [0.15, 0.2) is 0 Å². The molecule has 1 aliphatic rings. The molecule has 1 aliphatic heterocycles. The molecule has 0 aromatic heterocycles. The van der Waals surface area contributed by atoms with Gasteiger partial charge in [0.25, 0.3) is 0 Å². The first kappa shape index (κ1) is 27.5. The van der Waals surface area contributed by atoms with Crippen LogP contribution in [0.2, 0.25) is 5.02 Å². The van der Waals surface area contributed by atoms with Gasteiger partial charge >= 0.3 is 0 Å². The van der Waals surface area contributed by atoms with E-state index in [2.05, 4.69) is 76.0 Å². The molecule has 4 rings (SSSR count). The van der Waals surface area contributed by atoms with Gasteiger partial charge in [0, 0.05) is 42.9 Å². The van der Waals surface area contributed by atoms with E-state index in [-0.39, 0.29) is 6.41 Å². The normalized spacial score (nSPS) is 13.9. The highest BCUT2D eigenvalue weighted by Gasteiger charge is 2.11. The van der Waals surface area contributed by atoms with Crippen molar-refractivity contribution in [3.05, 3.63) is 94.5 Å². The molecule has 1 saturated heterocycles. The van der Waals surface area contributed by atoms with E-state index in [9.17, 15) is 0 Å². The van der Waals surface area contributed by atoms with Gasteiger partial charge in [0.2, 0.25) is 12.3 Å². The summed E-state index contributed by atoms with van der Waals surface area (Å²) in [6.45, 7) is 7.32. The minimum atomic E-state index is 0.250. The maximum absolute atomic E-state index is 8.58. The van der Waals surface area contributed by atoms with Gasteiger partial charge in [0.1, 0.15) is 0 Å². The average Bonchev–Trinajstić information content (AvgIpc) is 2.90. The largest absolute Gasteiger partial charge is 0.372 e. The van der Waals surface area contributed by atoms with E-state index in [1.807, 2.05) is 36.0 Å². The molecule has 0 saturated carbocycles. The first-order chi connectivity index (χ1) is 17.6. The summed E-state index contributed by atoms with van der Waals surface area (Å²) < 4.78 is 0. The Bertz CT molecular complexity index is 1130. The van der Waals surface area contributed by atoms with Gasteiger partial charge in [-0.3, -0.25) is 9.69 Å². The Hall–Kier alpha value is -3.13. The summed E-state index contributed by atoms with van der Waals surface area (Å²) >= 11 is 8.01. The molecule has 1 amide bonds. The fraction of sp³-hybridized carbons (Fsp3) is 0.250. The zero-order valence-electron chi connectivity index (χ0n) is 20.2. The molecule has 0 unspecified atom stereocenters. The highest BCUT2D eigenvalue weighted by atomic mass is 35.5. The van der Waals surface area contributed by atoms with Gasteiger partial charge in [-0.05, 0) is 46.0 Å². The zero-order chi connectivity index (χ0) is 25.6. The number of hydrogen-bond donors (Lipinski definition) is 1. The molecule has 0 aliphatic carbocycles. The summed E-state index contributed by atoms with van der Waals surface area (Å²) in [6, 6.07) is 25.1. The summed E-state index contributed by atoms with van der Waals surface area (Å²) in [5, 5.41) is 4.26. The van der Waals surface area contributed by atoms with E-state index in [0.717, 1.165) is 17.7 Å². The topological polar surface area (TPSA) is 80.3 Å². The third-order valence-corrected chi connectivity index (χ3v) is 6.80. The quantitative estimate of drug-likeness (QED) is 0.185. The number of nitrogens with zero attached hydrogens (tertiary/aromatic N) is 3. The number of hydrogen-bond acceptors (Lipinski definition) is 6. The summed E-state index contributed by atoms with van der Waals surface area (Å²) in [6.07, 6.45) is 0.788. The fourth-order valence-electron chi connectivity index (χ4n) is 3.82. The molecule has 6 nitrogen and oxygen atoms in total. The fourth-order valence-corrected chi connectivity index (χ4v) is 4.92. The number of primary amides is 1. The minimum absolute atomic E-state index is 0.250. The van der Waals surface area contributed by atoms with Crippen molar-refractivity contribution >= 4 is 42.4 Å². The molecule has 3 aromatic carbocycles. The van der Waals surface area contributed by atoms with Crippen LogP contribution in [0.15, 0.2) is 82.9 Å². The predicted molar refractivity (Wildman–Crippen MR) is 152 cm³/mol. The van der Waals surface area contributed by atoms with Crippen molar-refractivity contribution < 1.29 is 9.63 Å². The van der Waals surface area contributed by atoms with Crippen LogP contribution < -0.4 is 5.73 Å². The summed E-state index contributed by atoms with van der Waals surface area (Å²) in [4.78, 5) is 21.0. The number of amides is 1. The van der Waals surface area contributed by atoms with Crippen LogP contribution in [0.25, 0.3) is 11.1 Å². The number of benzene rings is 3. The second-order valence-electron chi connectivity index (χ2n) is 8.16. The van der Waals surface area contributed by atoms with Crippen molar-refractivity contribution in [3.8, 4) is 11.1 Å². The number of carbonyl (C=O) groups is 1. The molecule has 3 aromatic rings. The maximum atomic E-state index is 8.58. The van der Waals surface area contributed by atoms with Crippen LogP contribution in [0.5, 0.6) is 0 Å². The molecule has 36 heavy (non-hydrogen) atoms. The number of aliphatic imine (C=N–C) groups is 1. The van der Waals surface area contributed by atoms with Crippen LogP contribution in [-0.2, 0) is 29.1 Å². The molecule has 0 radical (unpaired) electrons. The molecule has 0 spiro atoms. The second kappa shape index (κ2) is 15.1. The van der Waals surface area contributed by atoms with Crippen molar-refractivity contribution in [2.75, 3.05) is 24.6 Å². The monoisotopic (exact) mass is 522 g/mol. The van der Waals surface area contributed by atoms with E-state index in [0.29, 0.717) is 23.9 Å². The smallest absolute Gasteiger partial charge is 0.224 e. The van der Waals surface area contributed by atoms with E-state index < -0.39 is 0 Å². The van der Waals surface area contributed by atoms with Crippen LogP contribution in [0.3, 0.4) is 0 Å². The number of nitrogens with two attached hydrogens (primary N) is 1. The molecular weight excluding hydrogens is 492 g/mol. The molecule has 1 fully saturated rings. The van der Waals surface area contributed by atoms with Gasteiger partial charge in [-0.15, -0.1) is 0 Å². The standard InChI is InChI=1S/C27H28ClN3OS.CH3NO/c1-29-32-27(18-21-7-11-26(28)12-8-21)30-19-22-5-9-24(10-6-22)25-4-2-3-23(17-25)20-31-13-15-33-16-14-31;2-1-3/h2-12,17H,1,13-16,18-20H2;1H,(H2,2,3). The Morgan fingerprint density at radius 1 is 1.00 bits per heavy atom. The Morgan fingerprint density at radius 3 is 2.33 bits per heavy atom. The predicted octanol–water partition coefficient (Wildman–Crippen LogP) is 5.43. The number of carbonyl (C=O) groups excluding carboxylic acids is 1. The molecule has 188 valence electrons. The molecule has 2 N–H and O–H groups in total. The van der Waals surface area contributed by atoms with E-state index in [1.54, 1.807) is 0 Å². The minimum Gasteiger partial charge on any atom is -0.372 e. The van der Waals surface area contributed by atoms with E-state index >= 15 is 0 Å². The van der Waals surface area contributed by atoms with Crippen molar-refractivity contribution in [2.24, 2.45) is 15.9 Å². The van der Waals surface area contributed by atoms with Gasteiger partial charge in [-0.1, -0.05) is 71.4 Å². The first-order valence-corrected chi connectivity index (χ1v) is 13.2. The second-order valence-corrected chi connectivity index (χ2v) is 9.82. The average molecular weight is 523 g/mol. The van der Waals surface area contributed by atoms with Gasteiger partial charge in [-0.2, -0.15) is 11.8 Å². The van der Waals surface area contributed by atoms with Crippen LogP contribution >= 0.6 is 23.4 Å². The number of rotatable bonds is 8. The number of thioether (sulfide) groups is 1. The van der Waals surface area contributed by atoms with Crippen molar-refractivity contribution in [1.29, 1.82) is 0 Å². The van der Waals surface area contributed by atoms with Crippen molar-refractivity contribution in [3.63, 3.8) is 0 Å². The van der Waals surface area contributed by atoms with Gasteiger partial charge in [-0.25, -0.2) is 4.99 Å². The van der Waals surface area contributed by atoms with Crippen molar-refractivity contribution in [2.45, 2.75) is 19.5 Å². The first-order valence-electron chi connectivity index (χ1n) is 11.7. The van der Waals surface area contributed by atoms with E-state index in [4.69, 9.17) is 21.2 Å². The molecule has 0 bridgehead atoms. The third-order valence-electron chi connectivity index (χ3n) is 5.60. The van der Waals surface area contributed by atoms with Crippen LogP contribution in [0, 0.1) is 0 Å². The lowest BCUT2D eigenvalue weighted by atomic mass is 10.0. The molecule has 0 atom stereocenters. The highest BCUT2D eigenvalue weighted by molar-refractivity contribution is 7.99. The third kappa shape index (κ3) is 9.15. The van der Waals surface area contributed by atoms with Gasteiger partial charge in [0.05, 0.1) is 13.0 Å². The molecular formula is C28H31ClN4O2S. The highest BCUT2D eigenvalue weighted by Crippen LogP contribution is 2.23. The Labute approximate surface area is 222 Å². The lowest BCUT2D eigenvalue weighted by Crippen LogP contribution is -2.31. The molecule has 8 heteroatoms. The number of halogens is 1. The van der Waals surface area contributed by atoms with Crippen molar-refractivity contribution in [1.82, 2.24) is 4.90 Å². The Balaban J connectivity index is 0.00000115. The summed E-state index contributed by atoms with van der Waals surface area (Å²) in [5.41, 5.74) is 10.2. The van der Waals surface area contributed by atoms with Crippen LogP contribution in [0.4, 0.5) is 0 Å². The Kier molecular flexibility index (Phi) is 11.5. The Morgan fingerprint density at radius 2 is 1.67 bits per heavy atom. The molecule has 1 heterocycles. The van der Waals surface area contributed by atoms with Crippen LogP contribution in [-0.4, -0.2) is 48.5 Å². The number of oxime groups is 1. The van der Waals surface area contributed by atoms with Crippen LogP contribution in [0.1, 0.15) is 16.7 Å². The van der Waals surface area contributed by atoms with E-state index in [1.165, 1.54) is 41.3 Å². The zero-order valence-corrected chi connectivity index (χ0v) is 21.8. The lowest BCUT2D eigenvalue weighted by molar-refractivity contribution is -0.106. The van der Waals surface area contributed by atoms with Gasteiger partial charge < -0.3 is 10.6 Å². The summed E-state index contributed by atoms with van der Waals surface area (Å²) in [7, 11) is 0. The SMILES string of the molecule is C=NOC(Cc1ccc(Cl)cc1)=NCc1ccc(-c2cccc(CN3CCSCC3)c2)cc1.NC=O. The summed E-state index contributed by atoms with van der Waals surface area (Å²) in [5.74, 6) is 3.00. The maximum Gasteiger partial charge on any atom is 0.224 e.